The predicted molar refractivity (Wildman–Crippen MR) is 145 cm³/mol. The number of sulfonamides is 1. The highest BCUT2D eigenvalue weighted by molar-refractivity contribution is 7.89. The first-order chi connectivity index (χ1) is 17.1. The SMILES string of the molecule is Cc1ccc(S(=O)(=O)N(CC(=O)N2CCN(c3cc(Cl)ccc3C)CC2)Cc2ccccc2Cl)cc1. The molecule has 0 saturated carbocycles. The molecular formula is C27H29Cl2N3O3S. The van der Waals surface area contributed by atoms with E-state index in [9.17, 15) is 13.2 Å². The fraction of sp³-hybridized carbons (Fsp3) is 0.296. The lowest BCUT2D eigenvalue weighted by Gasteiger charge is -2.37. The number of hydrogen-bond acceptors (Lipinski definition) is 4. The molecule has 1 aliphatic rings. The van der Waals surface area contributed by atoms with Crippen molar-refractivity contribution >= 4 is 44.8 Å². The summed E-state index contributed by atoms with van der Waals surface area (Å²) in [6, 6.07) is 19.5. The monoisotopic (exact) mass is 545 g/mol. The van der Waals surface area contributed by atoms with Crippen LogP contribution >= 0.6 is 23.2 Å². The van der Waals surface area contributed by atoms with Gasteiger partial charge in [0.05, 0.1) is 11.4 Å². The highest BCUT2D eigenvalue weighted by Crippen LogP contribution is 2.26. The number of halogens is 2. The van der Waals surface area contributed by atoms with Crippen molar-refractivity contribution in [3.05, 3.63) is 93.5 Å². The number of benzene rings is 3. The summed E-state index contributed by atoms with van der Waals surface area (Å²) in [5, 5.41) is 1.13. The molecule has 0 aromatic heterocycles. The van der Waals surface area contributed by atoms with Crippen LogP contribution in [0.1, 0.15) is 16.7 Å². The van der Waals surface area contributed by atoms with Gasteiger partial charge >= 0.3 is 0 Å². The van der Waals surface area contributed by atoms with Crippen molar-refractivity contribution in [1.82, 2.24) is 9.21 Å². The second-order valence-corrected chi connectivity index (χ2v) is 11.8. The van der Waals surface area contributed by atoms with Gasteiger partial charge in [0.2, 0.25) is 15.9 Å². The van der Waals surface area contributed by atoms with E-state index in [4.69, 9.17) is 23.2 Å². The largest absolute Gasteiger partial charge is 0.368 e. The first-order valence-electron chi connectivity index (χ1n) is 11.7. The summed E-state index contributed by atoms with van der Waals surface area (Å²) in [5.74, 6) is -0.236. The molecule has 1 heterocycles. The van der Waals surface area contributed by atoms with E-state index in [2.05, 4.69) is 4.90 Å². The molecule has 3 aromatic rings. The van der Waals surface area contributed by atoms with Gasteiger partial charge < -0.3 is 9.80 Å². The Balaban J connectivity index is 1.52. The van der Waals surface area contributed by atoms with Crippen molar-refractivity contribution < 1.29 is 13.2 Å². The average molecular weight is 547 g/mol. The molecule has 0 N–H and O–H groups in total. The topological polar surface area (TPSA) is 60.9 Å². The van der Waals surface area contributed by atoms with Crippen molar-refractivity contribution in [2.24, 2.45) is 0 Å². The summed E-state index contributed by atoms with van der Waals surface area (Å²) in [6.45, 7) is 5.94. The number of anilines is 1. The van der Waals surface area contributed by atoms with E-state index in [1.165, 1.54) is 4.31 Å². The van der Waals surface area contributed by atoms with Gasteiger partial charge in [-0.2, -0.15) is 4.31 Å². The summed E-state index contributed by atoms with van der Waals surface area (Å²) in [7, 11) is -3.93. The molecule has 0 atom stereocenters. The van der Waals surface area contributed by atoms with Crippen LogP contribution in [0.2, 0.25) is 10.0 Å². The molecule has 0 bridgehead atoms. The van der Waals surface area contributed by atoms with Crippen molar-refractivity contribution in [1.29, 1.82) is 0 Å². The second kappa shape index (κ2) is 11.2. The third-order valence-corrected chi connectivity index (χ3v) is 8.83. The van der Waals surface area contributed by atoms with Gasteiger partial charge in [-0.25, -0.2) is 8.42 Å². The lowest BCUT2D eigenvalue weighted by atomic mass is 10.1. The van der Waals surface area contributed by atoms with Crippen molar-refractivity contribution in [2.45, 2.75) is 25.3 Å². The molecule has 0 spiro atoms. The molecule has 0 radical (unpaired) electrons. The molecule has 4 rings (SSSR count). The number of amides is 1. The van der Waals surface area contributed by atoms with Crippen LogP contribution in [-0.4, -0.2) is 56.3 Å². The summed E-state index contributed by atoms with van der Waals surface area (Å²) < 4.78 is 28.4. The van der Waals surface area contributed by atoms with Gasteiger partial charge in [-0.3, -0.25) is 4.79 Å². The summed E-state index contributed by atoms with van der Waals surface area (Å²) in [6.07, 6.45) is 0. The molecule has 1 saturated heterocycles. The minimum atomic E-state index is -3.93. The summed E-state index contributed by atoms with van der Waals surface area (Å²) in [5.41, 5.74) is 3.77. The van der Waals surface area contributed by atoms with Gasteiger partial charge in [0, 0.05) is 48.5 Å². The van der Waals surface area contributed by atoms with Gasteiger partial charge in [-0.15, -0.1) is 0 Å². The van der Waals surface area contributed by atoms with Crippen LogP contribution in [0.25, 0.3) is 0 Å². The molecule has 0 aliphatic carbocycles. The highest BCUT2D eigenvalue weighted by Gasteiger charge is 2.30. The molecule has 3 aromatic carbocycles. The van der Waals surface area contributed by atoms with E-state index in [1.807, 2.05) is 32.0 Å². The van der Waals surface area contributed by atoms with Crippen LogP contribution in [0.4, 0.5) is 5.69 Å². The predicted octanol–water partition coefficient (Wildman–Crippen LogP) is 5.15. The Morgan fingerprint density at radius 1 is 0.917 bits per heavy atom. The lowest BCUT2D eigenvalue weighted by molar-refractivity contribution is -0.131. The highest BCUT2D eigenvalue weighted by atomic mass is 35.5. The Morgan fingerprint density at radius 3 is 2.25 bits per heavy atom. The zero-order valence-corrected chi connectivity index (χ0v) is 22.7. The lowest BCUT2D eigenvalue weighted by Crippen LogP contribution is -2.52. The van der Waals surface area contributed by atoms with Crippen LogP contribution < -0.4 is 4.90 Å². The van der Waals surface area contributed by atoms with E-state index in [-0.39, 0.29) is 23.9 Å². The minimum Gasteiger partial charge on any atom is -0.368 e. The zero-order valence-electron chi connectivity index (χ0n) is 20.3. The summed E-state index contributed by atoms with van der Waals surface area (Å²) >= 11 is 12.5. The first kappa shape index (κ1) is 26.5. The smallest absolute Gasteiger partial charge is 0.243 e. The van der Waals surface area contributed by atoms with E-state index in [1.54, 1.807) is 53.4 Å². The molecule has 1 fully saturated rings. The number of carbonyl (C=O) groups excluding carboxylic acids is 1. The Kier molecular flexibility index (Phi) is 8.25. The summed E-state index contributed by atoms with van der Waals surface area (Å²) in [4.78, 5) is 17.4. The molecule has 0 unspecified atom stereocenters. The molecular weight excluding hydrogens is 517 g/mol. The molecule has 190 valence electrons. The molecule has 9 heteroatoms. The van der Waals surface area contributed by atoms with Gasteiger partial charge in [0.25, 0.3) is 0 Å². The Hall–Kier alpha value is -2.58. The number of aryl methyl sites for hydroxylation is 2. The minimum absolute atomic E-state index is 0.00327. The van der Waals surface area contributed by atoms with Crippen LogP contribution in [0.5, 0.6) is 0 Å². The van der Waals surface area contributed by atoms with E-state index >= 15 is 0 Å². The fourth-order valence-corrected chi connectivity index (χ4v) is 6.00. The Morgan fingerprint density at radius 2 is 1.58 bits per heavy atom. The van der Waals surface area contributed by atoms with Gasteiger partial charge in [0.15, 0.2) is 0 Å². The maximum absolute atomic E-state index is 13.6. The van der Waals surface area contributed by atoms with Gasteiger partial charge in [0.1, 0.15) is 0 Å². The van der Waals surface area contributed by atoms with E-state index in [0.29, 0.717) is 41.8 Å². The van der Waals surface area contributed by atoms with Gasteiger partial charge in [-0.1, -0.05) is 65.2 Å². The van der Waals surface area contributed by atoms with Crippen LogP contribution in [-0.2, 0) is 21.4 Å². The van der Waals surface area contributed by atoms with Crippen molar-refractivity contribution in [3.8, 4) is 0 Å². The maximum atomic E-state index is 13.6. The number of carbonyl (C=O) groups is 1. The quantitative estimate of drug-likeness (QED) is 0.412. The molecule has 1 amide bonds. The first-order valence-corrected chi connectivity index (χ1v) is 13.9. The van der Waals surface area contributed by atoms with Crippen LogP contribution in [0, 0.1) is 13.8 Å². The number of piperazine rings is 1. The number of nitrogens with zero attached hydrogens (tertiary/aromatic N) is 3. The van der Waals surface area contributed by atoms with Crippen molar-refractivity contribution in [3.63, 3.8) is 0 Å². The Bertz CT molecular complexity index is 1340. The standard InChI is InChI=1S/C27H29Cl2N3O3S/c1-20-7-11-24(12-8-20)36(34,35)32(18-22-5-3-4-6-25(22)29)19-27(33)31-15-13-30(14-16-31)26-17-23(28)10-9-21(26)2/h3-12,17H,13-16,18-19H2,1-2H3. The average Bonchev–Trinajstić information content (AvgIpc) is 2.86. The van der Waals surface area contributed by atoms with Crippen molar-refractivity contribution in [2.75, 3.05) is 37.6 Å². The van der Waals surface area contributed by atoms with E-state index in [0.717, 1.165) is 16.8 Å². The normalized spacial score (nSPS) is 14.4. The second-order valence-electron chi connectivity index (χ2n) is 8.98. The molecule has 1 aliphatic heterocycles. The maximum Gasteiger partial charge on any atom is 0.243 e. The molecule has 6 nitrogen and oxygen atoms in total. The third kappa shape index (κ3) is 6.03. The third-order valence-electron chi connectivity index (χ3n) is 6.42. The molecule has 36 heavy (non-hydrogen) atoms. The fourth-order valence-electron chi connectivity index (χ4n) is 4.27. The van der Waals surface area contributed by atoms with Crippen LogP contribution in [0.3, 0.4) is 0 Å². The number of hydrogen-bond donors (Lipinski definition) is 0. The Labute approximate surface area is 223 Å². The number of rotatable bonds is 7. The van der Waals surface area contributed by atoms with Crippen LogP contribution in [0.15, 0.2) is 71.6 Å². The van der Waals surface area contributed by atoms with E-state index < -0.39 is 10.0 Å². The van der Waals surface area contributed by atoms with Gasteiger partial charge in [-0.05, 0) is 55.3 Å². The zero-order chi connectivity index (χ0) is 25.9.